The number of fused-ring (bicyclic) bond motifs is 3. The summed E-state index contributed by atoms with van der Waals surface area (Å²) in [5.74, 6) is 5.17. The first-order valence-corrected chi connectivity index (χ1v) is 7.24. The quantitative estimate of drug-likeness (QED) is 0.487. The number of rotatable bonds is 3. The van der Waals surface area contributed by atoms with Gasteiger partial charge in [-0.2, -0.15) is 0 Å². The van der Waals surface area contributed by atoms with Gasteiger partial charge in [0.1, 0.15) is 0 Å². The van der Waals surface area contributed by atoms with E-state index in [1.54, 1.807) is 0 Å². The Kier molecular flexibility index (Phi) is 3.57. The summed E-state index contributed by atoms with van der Waals surface area (Å²) in [6.45, 7) is 3.20. The molecule has 0 unspecified atom stereocenters. The number of hydrogen-bond donors (Lipinski definition) is 0. The van der Waals surface area contributed by atoms with Crippen molar-refractivity contribution < 1.29 is 0 Å². The molecule has 0 bridgehead atoms. The molecule has 0 aliphatic carbocycles. The topological polar surface area (TPSA) is 4.93 Å². The number of nitrogens with zero attached hydrogens (tertiary/aromatic N) is 1. The molecule has 1 aromatic heterocycles. The van der Waals surface area contributed by atoms with Crippen LogP contribution in [0.15, 0.2) is 36.4 Å². The average molecular weight is 270 g/mol. The molecule has 0 saturated carbocycles. The van der Waals surface area contributed by atoms with Gasteiger partial charge in [-0.1, -0.05) is 0 Å². The van der Waals surface area contributed by atoms with Gasteiger partial charge in [-0.3, -0.25) is 0 Å². The van der Waals surface area contributed by atoms with Gasteiger partial charge in [0, 0.05) is 0 Å². The monoisotopic (exact) mass is 270 g/mol. The second-order valence-electron chi connectivity index (χ2n) is 5.24. The number of hydrogen-bond acceptors (Lipinski definition) is 0. The fraction of sp³-hybridized carbons (Fsp3) is 0.200. The molecule has 1 heterocycles. The molecule has 3 aromatic rings. The van der Waals surface area contributed by atoms with Crippen molar-refractivity contribution in [2.24, 2.45) is 0 Å². The zero-order chi connectivity index (χ0) is 14.8. The number of unbranched alkanes of at least 4 members (excludes halogenated alkanes) is 1. The first-order chi connectivity index (χ1) is 10.3. The van der Waals surface area contributed by atoms with Crippen LogP contribution >= 0.6 is 0 Å². The minimum atomic E-state index is 0.795. The number of aryl methyl sites for hydroxylation is 1. The van der Waals surface area contributed by atoms with Crippen LogP contribution < -0.4 is 0 Å². The van der Waals surface area contributed by atoms with Gasteiger partial charge in [-0.25, -0.2) is 0 Å². The second-order valence-corrected chi connectivity index (χ2v) is 5.24. The standard InChI is InChI=1S/C20H16N/c1-4-7-12-21-19-10-8-15(5-2)13-17(19)18-14-16(6-3)9-11-20(18)21/h2,8-11,13-14H,4,7,12H2,1H3/q+1. The molecule has 3 rings (SSSR count). The van der Waals surface area contributed by atoms with E-state index in [0.29, 0.717) is 0 Å². The van der Waals surface area contributed by atoms with Crippen LogP contribution in [-0.4, -0.2) is 4.57 Å². The Morgan fingerprint density at radius 1 is 1.05 bits per heavy atom. The molecule has 0 aliphatic heterocycles. The second kappa shape index (κ2) is 5.52. The Balaban J connectivity index is 2.37. The first kappa shape index (κ1) is 13.6. The van der Waals surface area contributed by atoms with Crippen LogP contribution in [0.3, 0.4) is 0 Å². The Labute approximate surface area is 125 Å². The van der Waals surface area contributed by atoms with Crippen molar-refractivity contribution in [2.45, 2.75) is 26.3 Å². The van der Waals surface area contributed by atoms with Gasteiger partial charge in [0.05, 0.1) is 0 Å². The minimum absolute atomic E-state index is 0.795. The van der Waals surface area contributed by atoms with Crippen LogP contribution in [0.5, 0.6) is 0 Å². The van der Waals surface area contributed by atoms with E-state index in [9.17, 15) is 0 Å². The van der Waals surface area contributed by atoms with Crippen molar-refractivity contribution >= 4 is 21.8 Å². The first-order valence-electron chi connectivity index (χ1n) is 7.24. The fourth-order valence-electron chi connectivity index (χ4n) is 2.83. The van der Waals surface area contributed by atoms with E-state index < -0.39 is 0 Å². The summed E-state index contributed by atoms with van der Waals surface area (Å²) in [5.41, 5.74) is 4.09. The molecule has 0 spiro atoms. The van der Waals surface area contributed by atoms with Crippen LogP contribution in [-0.2, 0) is 6.54 Å². The van der Waals surface area contributed by atoms with E-state index in [1.807, 2.05) is 18.2 Å². The molecule has 21 heavy (non-hydrogen) atoms. The molecule has 0 radical (unpaired) electrons. The summed E-state index contributed by atoms with van der Waals surface area (Å²) in [6.07, 6.45) is 15.2. The van der Waals surface area contributed by atoms with Crippen molar-refractivity contribution in [3.05, 3.63) is 53.9 Å². The maximum atomic E-state index is 7.33. The summed E-state index contributed by atoms with van der Waals surface area (Å²) in [4.78, 5) is 0. The van der Waals surface area contributed by atoms with E-state index >= 15 is 0 Å². The van der Waals surface area contributed by atoms with Crippen LogP contribution in [0.4, 0.5) is 0 Å². The summed E-state index contributed by atoms with van der Waals surface area (Å²) in [6, 6.07) is 12.2. The zero-order valence-electron chi connectivity index (χ0n) is 12.1. The van der Waals surface area contributed by atoms with Crippen molar-refractivity contribution in [2.75, 3.05) is 0 Å². The zero-order valence-corrected chi connectivity index (χ0v) is 12.1. The van der Waals surface area contributed by atoms with Gasteiger partial charge >= 0.3 is 125 Å². The SMILES string of the molecule is [C+]#Cc1ccc2c(c1)c1cc(C#C)ccc1n2CCCC. The molecule has 0 amide bonds. The van der Waals surface area contributed by atoms with Gasteiger partial charge in [-0.15, -0.1) is 0 Å². The Morgan fingerprint density at radius 2 is 1.67 bits per heavy atom. The molecule has 0 fully saturated rings. The molecule has 2 aromatic carbocycles. The molecule has 0 saturated heterocycles. The normalized spacial score (nSPS) is 10.8. The van der Waals surface area contributed by atoms with Crippen molar-refractivity contribution in [3.8, 4) is 18.3 Å². The average Bonchev–Trinajstić information content (AvgIpc) is 2.85. The van der Waals surface area contributed by atoms with E-state index in [-0.39, 0.29) is 0 Å². The van der Waals surface area contributed by atoms with Crippen LogP contribution in [0.1, 0.15) is 30.9 Å². The van der Waals surface area contributed by atoms with Crippen molar-refractivity contribution in [1.82, 2.24) is 4.57 Å². The van der Waals surface area contributed by atoms with E-state index in [0.717, 1.165) is 41.3 Å². The van der Waals surface area contributed by atoms with Crippen molar-refractivity contribution in [3.63, 3.8) is 0 Å². The Morgan fingerprint density at radius 3 is 2.24 bits per heavy atom. The summed E-state index contributed by atoms with van der Waals surface area (Å²) in [7, 11) is 0. The summed E-state index contributed by atoms with van der Waals surface area (Å²) < 4.78 is 2.35. The van der Waals surface area contributed by atoms with Crippen LogP contribution in [0.25, 0.3) is 21.8 Å². The summed E-state index contributed by atoms with van der Waals surface area (Å²) in [5, 5.41) is 2.31. The molecule has 100 valence electrons. The van der Waals surface area contributed by atoms with Gasteiger partial charge in [0.15, 0.2) is 0 Å². The molecule has 0 aliphatic rings. The maximum absolute atomic E-state index is 7.33. The molecule has 0 N–H and O–H groups in total. The van der Waals surface area contributed by atoms with Gasteiger partial charge < -0.3 is 0 Å². The van der Waals surface area contributed by atoms with Crippen LogP contribution in [0.2, 0.25) is 0 Å². The fourth-order valence-corrected chi connectivity index (χ4v) is 2.83. The molecule has 0 atom stereocenters. The predicted octanol–water partition coefficient (Wildman–Crippen LogP) is 4.51. The molecule has 1 heteroatoms. The summed E-state index contributed by atoms with van der Waals surface area (Å²) >= 11 is 0. The predicted molar refractivity (Wildman–Crippen MR) is 88.5 cm³/mol. The number of terminal acetylenes is 1. The van der Waals surface area contributed by atoms with Gasteiger partial charge in [0.2, 0.25) is 0 Å². The van der Waals surface area contributed by atoms with Crippen LogP contribution in [0, 0.1) is 24.7 Å². The third-order valence-electron chi connectivity index (χ3n) is 3.91. The molecule has 1 nitrogen and oxygen atoms in total. The Hall–Kier alpha value is -2.42. The van der Waals surface area contributed by atoms with E-state index in [2.05, 4.69) is 41.5 Å². The van der Waals surface area contributed by atoms with E-state index in [1.165, 1.54) is 11.0 Å². The Bertz CT molecular complexity index is 826. The van der Waals surface area contributed by atoms with E-state index in [4.69, 9.17) is 12.8 Å². The third kappa shape index (κ3) is 2.25. The number of benzene rings is 2. The number of aromatic nitrogens is 1. The van der Waals surface area contributed by atoms with Crippen molar-refractivity contribution in [1.29, 1.82) is 0 Å². The molecular weight excluding hydrogens is 254 g/mol. The van der Waals surface area contributed by atoms with Gasteiger partial charge in [0.25, 0.3) is 0 Å². The third-order valence-corrected chi connectivity index (χ3v) is 3.91. The molecular formula is C20H16N+. The van der Waals surface area contributed by atoms with Gasteiger partial charge in [-0.05, 0) is 0 Å².